The third kappa shape index (κ3) is 5.91. The van der Waals surface area contributed by atoms with Crippen molar-refractivity contribution in [3.63, 3.8) is 0 Å². The van der Waals surface area contributed by atoms with Crippen LogP contribution >= 0.6 is 11.6 Å². The van der Waals surface area contributed by atoms with Crippen LogP contribution in [0, 0.1) is 0 Å². The van der Waals surface area contributed by atoms with Crippen molar-refractivity contribution in [3.05, 3.63) is 10.4 Å². The van der Waals surface area contributed by atoms with Gasteiger partial charge in [-0.05, 0) is 6.92 Å². The van der Waals surface area contributed by atoms with Crippen LogP contribution in [0.3, 0.4) is 0 Å². The van der Waals surface area contributed by atoms with Crippen molar-refractivity contribution >= 4 is 21.8 Å². The highest BCUT2D eigenvalue weighted by atomic mass is 35.5. The van der Waals surface area contributed by atoms with Gasteiger partial charge in [0.15, 0.2) is 0 Å². The van der Waals surface area contributed by atoms with E-state index in [9.17, 15) is 12.3 Å². The van der Waals surface area contributed by atoms with Gasteiger partial charge < -0.3 is 0 Å². The molecule has 0 unspecified atom stereocenters. The van der Waals surface area contributed by atoms with Gasteiger partial charge in [-0.2, -0.15) is 8.42 Å². The topological polar surface area (TPSA) is 34.1 Å². The standard InChI is InChI=1S/C3H4ClFO2S/c1-3(4)2-8(5,6)7/h2H,1H3. The summed E-state index contributed by atoms with van der Waals surface area (Å²) in [6.07, 6.45) is 0. The molecule has 2 nitrogen and oxygen atoms in total. The van der Waals surface area contributed by atoms with Gasteiger partial charge in [0.05, 0.1) is 5.41 Å². The molecule has 0 fully saturated rings. The first kappa shape index (κ1) is 7.91. The molecular formula is C3H4ClFO2S. The van der Waals surface area contributed by atoms with Crippen LogP contribution in [0.5, 0.6) is 0 Å². The van der Waals surface area contributed by atoms with Crippen molar-refractivity contribution in [3.8, 4) is 0 Å². The van der Waals surface area contributed by atoms with Gasteiger partial charge in [0.25, 0.3) is 0 Å². The highest BCUT2D eigenvalue weighted by molar-refractivity contribution is 7.89. The lowest BCUT2D eigenvalue weighted by Crippen LogP contribution is -1.80. The van der Waals surface area contributed by atoms with Gasteiger partial charge in [-0.1, -0.05) is 11.6 Å². The lowest BCUT2D eigenvalue weighted by molar-refractivity contribution is 0.563. The summed E-state index contributed by atoms with van der Waals surface area (Å²) in [7, 11) is -4.52. The predicted molar refractivity (Wildman–Crippen MR) is 29.6 cm³/mol. The van der Waals surface area contributed by atoms with E-state index in [-0.39, 0.29) is 5.03 Å². The van der Waals surface area contributed by atoms with E-state index in [4.69, 9.17) is 11.6 Å². The minimum absolute atomic E-state index is 0.0903. The summed E-state index contributed by atoms with van der Waals surface area (Å²) >= 11 is 5.00. The molecule has 0 aliphatic rings. The summed E-state index contributed by atoms with van der Waals surface area (Å²) in [4.78, 5) is 0. The molecule has 0 aliphatic carbocycles. The number of allylic oxidation sites excluding steroid dienone is 1. The fourth-order valence-electron chi connectivity index (χ4n) is 0.194. The second-order valence-corrected chi connectivity index (χ2v) is 2.96. The Morgan fingerprint density at radius 1 is 1.75 bits per heavy atom. The molecule has 0 spiro atoms. The SMILES string of the molecule is CC(Cl)=CS(=O)(=O)F. The molecule has 0 radical (unpaired) electrons. The fraction of sp³-hybridized carbons (Fsp3) is 0.333. The number of rotatable bonds is 1. The Hall–Kier alpha value is -0.0900. The summed E-state index contributed by atoms with van der Waals surface area (Å²) in [5.74, 6) is 0. The average Bonchev–Trinajstić information content (AvgIpc) is 1.21. The smallest absolute Gasteiger partial charge is 0.190 e. The predicted octanol–water partition coefficient (Wildman–Crippen LogP) is 1.39. The van der Waals surface area contributed by atoms with Gasteiger partial charge >= 0.3 is 10.2 Å². The van der Waals surface area contributed by atoms with Crippen LogP contribution < -0.4 is 0 Å². The second-order valence-electron chi connectivity index (χ2n) is 1.18. The summed E-state index contributed by atoms with van der Waals surface area (Å²) in [5, 5.41) is 0.252. The lowest BCUT2D eigenvalue weighted by atomic mass is 10.8. The van der Waals surface area contributed by atoms with Gasteiger partial charge in [-0.15, -0.1) is 3.89 Å². The molecule has 0 saturated heterocycles. The Morgan fingerprint density at radius 3 is 2.12 bits per heavy atom. The van der Waals surface area contributed by atoms with Crippen molar-refractivity contribution in [1.82, 2.24) is 0 Å². The minimum Gasteiger partial charge on any atom is -0.190 e. The Bertz CT molecular complexity index is 189. The van der Waals surface area contributed by atoms with E-state index in [1.165, 1.54) is 6.92 Å². The molecule has 0 amide bonds. The van der Waals surface area contributed by atoms with E-state index in [0.717, 1.165) is 0 Å². The van der Waals surface area contributed by atoms with Crippen LogP contribution in [0.15, 0.2) is 10.4 Å². The highest BCUT2D eigenvalue weighted by Crippen LogP contribution is 2.03. The van der Waals surface area contributed by atoms with Crippen LogP contribution in [0.25, 0.3) is 0 Å². The van der Waals surface area contributed by atoms with E-state index >= 15 is 0 Å². The third-order valence-corrected chi connectivity index (χ3v) is 1.18. The Labute approximate surface area is 52.2 Å². The minimum atomic E-state index is -4.52. The molecule has 0 N–H and O–H groups in total. The third-order valence-electron chi connectivity index (χ3n) is 0.303. The van der Waals surface area contributed by atoms with Gasteiger partial charge in [0, 0.05) is 5.03 Å². The second kappa shape index (κ2) is 2.46. The molecule has 0 aliphatic heterocycles. The number of hydrogen-bond acceptors (Lipinski definition) is 2. The largest absolute Gasteiger partial charge is 0.326 e. The molecule has 0 atom stereocenters. The highest BCUT2D eigenvalue weighted by Gasteiger charge is 1.99. The molecule has 5 heteroatoms. The van der Waals surface area contributed by atoms with E-state index in [0.29, 0.717) is 5.41 Å². The molecular weight excluding hydrogens is 155 g/mol. The number of hydrogen-bond donors (Lipinski definition) is 0. The molecule has 0 saturated carbocycles. The van der Waals surface area contributed by atoms with Crippen LogP contribution in [0.1, 0.15) is 6.92 Å². The summed E-state index contributed by atoms with van der Waals surface area (Å²) in [5.41, 5.74) is 0. The molecule has 8 heavy (non-hydrogen) atoms. The van der Waals surface area contributed by atoms with E-state index in [2.05, 4.69) is 0 Å². The van der Waals surface area contributed by atoms with Gasteiger partial charge in [0.2, 0.25) is 0 Å². The van der Waals surface area contributed by atoms with E-state index in [1.807, 2.05) is 0 Å². The summed E-state index contributed by atoms with van der Waals surface area (Å²) in [6.45, 7) is 1.28. The molecule has 0 rings (SSSR count). The van der Waals surface area contributed by atoms with Crippen LogP contribution in [-0.2, 0) is 10.2 Å². The van der Waals surface area contributed by atoms with Crippen LogP contribution in [0.2, 0.25) is 0 Å². The Morgan fingerprint density at radius 2 is 2.12 bits per heavy atom. The molecule has 0 bridgehead atoms. The zero-order valence-corrected chi connectivity index (χ0v) is 5.63. The number of halogens is 2. The zero-order chi connectivity index (χ0) is 6.78. The monoisotopic (exact) mass is 158 g/mol. The first-order valence-electron chi connectivity index (χ1n) is 1.70. The van der Waals surface area contributed by atoms with Gasteiger partial charge in [-0.25, -0.2) is 0 Å². The van der Waals surface area contributed by atoms with Crippen molar-refractivity contribution < 1.29 is 12.3 Å². The normalized spacial score (nSPS) is 14.1. The van der Waals surface area contributed by atoms with Crippen LogP contribution in [-0.4, -0.2) is 8.42 Å². The van der Waals surface area contributed by atoms with Crippen molar-refractivity contribution in [2.45, 2.75) is 6.92 Å². The maximum absolute atomic E-state index is 11.5. The molecule has 0 aromatic carbocycles. The summed E-state index contributed by atoms with van der Waals surface area (Å²) < 4.78 is 30.7. The molecule has 0 aromatic heterocycles. The Kier molecular flexibility index (Phi) is 2.43. The lowest BCUT2D eigenvalue weighted by Gasteiger charge is -1.79. The van der Waals surface area contributed by atoms with Crippen molar-refractivity contribution in [2.75, 3.05) is 0 Å². The van der Waals surface area contributed by atoms with Crippen molar-refractivity contribution in [2.24, 2.45) is 0 Å². The summed E-state index contributed by atoms with van der Waals surface area (Å²) in [6, 6.07) is 0. The maximum Gasteiger partial charge on any atom is 0.326 e. The average molecular weight is 159 g/mol. The van der Waals surface area contributed by atoms with Gasteiger partial charge in [0.1, 0.15) is 0 Å². The maximum atomic E-state index is 11.5. The Balaban J connectivity index is 4.36. The molecule has 48 valence electrons. The van der Waals surface area contributed by atoms with Gasteiger partial charge in [-0.3, -0.25) is 0 Å². The quantitative estimate of drug-likeness (QED) is 0.541. The van der Waals surface area contributed by atoms with Crippen molar-refractivity contribution in [1.29, 1.82) is 0 Å². The van der Waals surface area contributed by atoms with Crippen LogP contribution in [0.4, 0.5) is 3.89 Å². The van der Waals surface area contributed by atoms with E-state index < -0.39 is 10.2 Å². The first-order chi connectivity index (χ1) is 3.42. The molecule has 0 aromatic rings. The first-order valence-corrected chi connectivity index (χ1v) is 3.53. The fourth-order valence-corrected chi connectivity index (χ4v) is 0.901. The molecule has 0 heterocycles. The van der Waals surface area contributed by atoms with E-state index in [1.54, 1.807) is 0 Å². The zero-order valence-electron chi connectivity index (χ0n) is 4.06.